The summed E-state index contributed by atoms with van der Waals surface area (Å²) < 4.78 is 0. The number of aliphatic imine (C=N–C) groups is 1. The van der Waals surface area contributed by atoms with Crippen molar-refractivity contribution >= 4 is 11.8 Å². The minimum absolute atomic E-state index is 0.619. The van der Waals surface area contributed by atoms with Gasteiger partial charge in [0.05, 0.1) is 5.69 Å². The zero-order valence-electron chi connectivity index (χ0n) is 10.7. The molecule has 0 amide bonds. The predicted octanol–water partition coefficient (Wildman–Crippen LogP) is 1.84. The Morgan fingerprint density at radius 3 is 2.61 bits per heavy atom. The van der Waals surface area contributed by atoms with Crippen molar-refractivity contribution in [3.05, 3.63) is 29.8 Å². The van der Waals surface area contributed by atoms with Gasteiger partial charge in [0, 0.05) is 12.6 Å². The third-order valence-corrected chi connectivity index (χ3v) is 3.42. The number of nitrogens with one attached hydrogen (secondary N) is 1. The summed E-state index contributed by atoms with van der Waals surface area (Å²) in [4.78, 5) is 16.1. The molecular formula is C14H19N3O. The highest BCUT2D eigenvalue weighted by atomic mass is 16.1. The molecule has 18 heavy (non-hydrogen) atoms. The van der Waals surface area contributed by atoms with Crippen LogP contribution in [0, 0.1) is 0 Å². The number of benzene rings is 1. The topological polar surface area (TPSA) is 44.7 Å². The molecule has 1 aromatic rings. The number of nitrogens with zero attached hydrogens (tertiary/aromatic N) is 2. The Kier molecular flexibility index (Phi) is 4.65. The first kappa shape index (κ1) is 13.0. The lowest BCUT2D eigenvalue weighted by Crippen LogP contribution is -2.40. The second kappa shape index (κ2) is 6.45. The fourth-order valence-electron chi connectivity index (χ4n) is 2.22. The molecule has 1 saturated heterocycles. The summed E-state index contributed by atoms with van der Waals surface area (Å²) in [7, 11) is 2.17. The van der Waals surface area contributed by atoms with Gasteiger partial charge in [-0.15, -0.1) is 0 Å². The fraction of sp³-hybridized carbons (Fsp3) is 0.500. The molecule has 0 bridgehead atoms. The van der Waals surface area contributed by atoms with Crippen LogP contribution in [0.1, 0.15) is 18.4 Å². The second-order valence-corrected chi connectivity index (χ2v) is 4.83. The molecule has 0 unspecified atom stereocenters. The zero-order valence-corrected chi connectivity index (χ0v) is 10.7. The summed E-state index contributed by atoms with van der Waals surface area (Å²) >= 11 is 0. The van der Waals surface area contributed by atoms with Crippen molar-refractivity contribution in [2.45, 2.75) is 25.4 Å². The molecule has 2 rings (SSSR count). The molecule has 1 aromatic carbocycles. The van der Waals surface area contributed by atoms with E-state index < -0.39 is 0 Å². The molecule has 0 radical (unpaired) electrons. The van der Waals surface area contributed by atoms with Gasteiger partial charge in [-0.05, 0) is 50.7 Å². The normalized spacial score (nSPS) is 17.4. The van der Waals surface area contributed by atoms with Crippen LogP contribution in [0.5, 0.6) is 0 Å². The van der Waals surface area contributed by atoms with Gasteiger partial charge in [0.1, 0.15) is 0 Å². The Labute approximate surface area is 108 Å². The van der Waals surface area contributed by atoms with Crippen LogP contribution in [0.2, 0.25) is 0 Å². The van der Waals surface area contributed by atoms with E-state index in [9.17, 15) is 4.79 Å². The molecule has 0 atom stereocenters. The minimum atomic E-state index is 0.619. The van der Waals surface area contributed by atoms with Crippen molar-refractivity contribution in [3.63, 3.8) is 0 Å². The zero-order chi connectivity index (χ0) is 12.8. The maximum Gasteiger partial charge on any atom is 0.240 e. The van der Waals surface area contributed by atoms with Gasteiger partial charge in [-0.3, -0.25) is 0 Å². The van der Waals surface area contributed by atoms with Gasteiger partial charge in [0.2, 0.25) is 6.08 Å². The summed E-state index contributed by atoms with van der Waals surface area (Å²) in [5.74, 6) is 0. The predicted molar refractivity (Wildman–Crippen MR) is 71.6 cm³/mol. The van der Waals surface area contributed by atoms with E-state index in [0.717, 1.165) is 6.54 Å². The van der Waals surface area contributed by atoms with Crippen molar-refractivity contribution in [1.82, 2.24) is 10.2 Å². The Morgan fingerprint density at radius 2 is 2.00 bits per heavy atom. The summed E-state index contributed by atoms with van der Waals surface area (Å²) in [5, 5.41) is 3.58. The Hall–Kier alpha value is -1.48. The van der Waals surface area contributed by atoms with Crippen LogP contribution < -0.4 is 5.32 Å². The van der Waals surface area contributed by atoms with E-state index in [1.54, 1.807) is 6.08 Å². The quantitative estimate of drug-likeness (QED) is 0.650. The van der Waals surface area contributed by atoms with Gasteiger partial charge >= 0.3 is 0 Å². The number of piperidine rings is 1. The standard InChI is InChI=1S/C14H19N3O/c1-17-8-6-14(7-9-17)15-10-12-2-4-13(5-3-12)16-11-18/h2-5,14-15H,6-10H2,1H3. The van der Waals surface area contributed by atoms with E-state index in [0.29, 0.717) is 11.7 Å². The van der Waals surface area contributed by atoms with E-state index in [2.05, 4.69) is 22.3 Å². The molecule has 96 valence electrons. The first-order valence-electron chi connectivity index (χ1n) is 6.36. The fourth-order valence-corrected chi connectivity index (χ4v) is 2.22. The SMILES string of the molecule is CN1CCC(NCc2ccc(N=C=O)cc2)CC1. The highest BCUT2D eigenvalue weighted by Crippen LogP contribution is 2.13. The Bertz CT molecular complexity index is 415. The number of carbonyl (C=O) groups excluding carboxylic acids is 1. The molecule has 4 heteroatoms. The van der Waals surface area contributed by atoms with Crippen LogP contribution in [0.25, 0.3) is 0 Å². The lowest BCUT2D eigenvalue weighted by Gasteiger charge is -2.29. The number of isocyanates is 1. The van der Waals surface area contributed by atoms with E-state index in [1.165, 1.54) is 31.5 Å². The van der Waals surface area contributed by atoms with Crippen molar-refractivity contribution < 1.29 is 4.79 Å². The smallest absolute Gasteiger partial charge is 0.240 e. The van der Waals surface area contributed by atoms with E-state index in [-0.39, 0.29) is 0 Å². The monoisotopic (exact) mass is 245 g/mol. The number of rotatable bonds is 4. The van der Waals surface area contributed by atoms with Crippen LogP contribution >= 0.6 is 0 Å². The number of likely N-dealkylation sites (tertiary alicyclic amines) is 1. The Balaban J connectivity index is 1.81. The number of hydrogen-bond donors (Lipinski definition) is 1. The van der Waals surface area contributed by atoms with Crippen molar-refractivity contribution in [1.29, 1.82) is 0 Å². The molecule has 1 aliphatic heterocycles. The minimum Gasteiger partial charge on any atom is -0.310 e. The van der Waals surface area contributed by atoms with Gasteiger partial charge in [-0.25, -0.2) is 4.79 Å². The Morgan fingerprint density at radius 1 is 1.33 bits per heavy atom. The highest BCUT2D eigenvalue weighted by Gasteiger charge is 2.15. The maximum atomic E-state index is 10.1. The average Bonchev–Trinajstić information content (AvgIpc) is 2.40. The molecule has 1 aliphatic rings. The third kappa shape index (κ3) is 3.77. The van der Waals surface area contributed by atoms with Crippen LogP contribution in [-0.4, -0.2) is 37.2 Å². The van der Waals surface area contributed by atoms with Gasteiger partial charge in [0.25, 0.3) is 0 Å². The average molecular weight is 245 g/mol. The molecule has 0 aromatic heterocycles. The van der Waals surface area contributed by atoms with Crippen LogP contribution in [0.4, 0.5) is 5.69 Å². The molecule has 0 aliphatic carbocycles. The lowest BCUT2D eigenvalue weighted by atomic mass is 10.1. The first-order valence-corrected chi connectivity index (χ1v) is 6.36. The molecule has 0 spiro atoms. The van der Waals surface area contributed by atoms with E-state index >= 15 is 0 Å². The van der Waals surface area contributed by atoms with Crippen molar-refractivity contribution in [3.8, 4) is 0 Å². The highest BCUT2D eigenvalue weighted by molar-refractivity contribution is 5.49. The van der Waals surface area contributed by atoms with Gasteiger partial charge in [-0.2, -0.15) is 4.99 Å². The summed E-state index contributed by atoms with van der Waals surface area (Å²) in [5.41, 5.74) is 1.88. The van der Waals surface area contributed by atoms with E-state index in [1.807, 2.05) is 24.3 Å². The largest absolute Gasteiger partial charge is 0.310 e. The van der Waals surface area contributed by atoms with E-state index in [4.69, 9.17) is 0 Å². The third-order valence-electron chi connectivity index (χ3n) is 3.42. The lowest BCUT2D eigenvalue weighted by molar-refractivity contribution is 0.234. The van der Waals surface area contributed by atoms with Gasteiger partial charge < -0.3 is 10.2 Å². The molecule has 1 N–H and O–H groups in total. The maximum absolute atomic E-state index is 10.1. The van der Waals surface area contributed by atoms with Crippen LogP contribution in [0.3, 0.4) is 0 Å². The molecular weight excluding hydrogens is 226 g/mol. The van der Waals surface area contributed by atoms with Crippen molar-refractivity contribution in [2.24, 2.45) is 4.99 Å². The van der Waals surface area contributed by atoms with Crippen molar-refractivity contribution in [2.75, 3.05) is 20.1 Å². The second-order valence-electron chi connectivity index (χ2n) is 4.83. The summed E-state index contributed by atoms with van der Waals surface area (Å²) in [6, 6.07) is 8.30. The van der Waals surface area contributed by atoms with Crippen LogP contribution in [-0.2, 0) is 11.3 Å². The van der Waals surface area contributed by atoms with Gasteiger partial charge in [0.15, 0.2) is 0 Å². The molecule has 1 heterocycles. The molecule has 0 saturated carbocycles. The molecule has 4 nitrogen and oxygen atoms in total. The molecule has 1 fully saturated rings. The summed E-state index contributed by atoms with van der Waals surface area (Å²) in [6.07, 6.45) is 3.97. The summed E-state index contributed by atoms with van der Waals surface area (Å²) in [6.45, 7) is 3.22. The first-order chi connectivity index (χ1) is 8.78. The van der Waals surface area contributed by atoms with Crippen LogP contribution in [0.15, 0.2) is 29.3 Å². The van der Waals surface area contributed by atoms with Gasteiger partial charge in [-0.1, -0.05) is 12.1 Å². The number of hydrogen-bond acceptors (Lipinski definition) is 4.